The van der Waals surface area contributed by atoms with E-state index in [4.69, 9.17) is 5.11 Å². The fraction of sp³-hybridized carbons (Fsp3) is 0.455. The summed E-state index contributed by atoms with van der Waals surface area (Å²) in [5.74, 6) is 0. The first-order valence-corrected chi connectivity index (χ1v) is 5.30. The van der Waals surface area contributed by atoms with Crippen LogP contribution in [0.25, 0.3) is 0 Å². The van der Waals surface area contributed by atoms with Gasteiger partial charge in [-0.2, -0.15) is 0 Å². The molecule has 5 nitrogen and oxygen atoms in total. The molecule has 94 valence electrons. The molecule has 0 aromatic heterocycles. The molecule has 17 heavy (non-hydrogen) atoms. The lowest BCUT2D eigenvalue weighted by atomic mass is 9.99. The molecule has 0 radical (unpaired) electrons. The molecule has 1 N–H and O–H groups in total. The van der Waals surface area contributed by atoms with Crippen molar-refractivity contribution in [2.75, 3.05) is 19.7 Å². The minimum absolute atomic E-state index is 0. The van der Waals surface area contributed by atoms with E-state index in [1.54, 1.807) is 12.1 Å². The van der Waals surface area contributed by atoms with E-state index in [0.717, 1.165) is 18.5 Å². The van der Waals surface area contributed by atoms with E-state index in [-0.39, 0.29) is 29.6 Å². The lowest BCUT2D eigenvalue weighted by Gasteiger charge is -2.27. The Morgan fingerprint density at radius 3 is 2.82 bits per heavy atom. The second kappa shape index (κ2) is 5.95. The zero-order chi connectivity index (χ0) is 11.5. The third kappa shape index (κ3) is 3.15. The number of nitrogens with zero attached hydrogens (tertiary/aromatic N) is 2. The molecule has 1 aromatic rings. The maximum Gasteiger partial charge on any atom is 0.269 e. The first kappa shape index (κ1) is 13.9. The Hall–Kier alpha value is -1.17. The van der Waals surface area contributed by atoms with Crippen LogP contribution in [0.15, 0.2) is 18.2 Å². The molecule has 1 heterocycles. The van der Waals surface area contributed by atoms with Crippen LogP contribution in [-0.2, 0) is 13.0 Å². The summed E-state index contributed by atoms with van der Waals surface area (Å²) in [6.45, 7) is 2.36. The summed E-state index contributed by atoms with van der Waals surface area (Å²) in [7, 11) is 0. The first-order chi connectivity index (χ1) is 7.70. The van der Waals surface area contributed by atoms with Crippen LogP contribution in [0.3, 0.4) is 0 Å². The Morgan fingerprint density at radius 2 is 2.18 bits per heavy atom. The van der Waals surface area contributed by atoms with E-state index < -0.39 is 0 Å². The Bertz CT molecular complexity index is 412. The van der Waals surface area contributed by atoms with Gasteiger partial charge < -0.3 is 5.11 Å². The fourth-order valence-corrected chi connectivity index (χ4v) is 2.05. The summed E-state index contributed by atoms with van der Waals surface area (Å²) in [6.07, 6.45) is 0.896. The molecule has 0 saturated carbocycles. The van der Waals surface area contributed by atoms with Crippen LogP contribution < -0.4 is 0 Å². The number of nitro benzene ring substituents is 1. The van der Waals surface area contributed by atoms with Crippen LogP contribution in [0.1, 0.15) is 11.1 Å². The molecular weight excluding hydrogens is 244 g/mol. The molecular formula is C11H15ClN2O3. The maximum absolute atomic E-state index is 10.6. The van der Waals surface area contributed by atoms with Gasteiger partial charge in [0, 0.05) is 31.8 Å². The monoisotopic (exact) mass is 258 g/mol. The number of rotatable bonds is 3. The standard InChI is InChI=1S/C11H14N2O3.ClH/c14-6-5-12-4-3-9-1-2-11(13(15)16)7-10(9)8-12;/h1-2,7,14H,3-6,8H2;1H. The SMILES string of the molecule is Cl.O=[N+]([O-])c1ccc2c(c1)CN(CCO)CC2. The van der Waals surface area contributed by atoms with Gasteiger partial charge in [0.1, 0.15) is 0 Å². The lowest BCUT2D eigenvalue weighted by molar-refractivity contribution is -0.385. The average Bonchev–Trinajstić information content (AvgIpc) is 2.28. The number of hydrogen-bond donors (Lipinski definition) is 1. The van der Waals surface area contributed by atoms with Crippen molar-refractivity contribution in [3.8, 4) is 0 Å². The molecule has 0 atom stereocenters. The van der Waals surface area contributed by atoms with Crippen LogP contribution in [0.4, 0.5) is 5.69 Å². The highest BCUT2D eigenvalue weighted by Gasteiger charge is 2.18. The molecule has 0 fully saturated rings. The van der Waals surface area contributed by atoms with Crippen molar-refractivity contribution in [1.82, 2.24) is 4.90 Å². The molecule has 0 spiro atoms. The second-order valence-corrected chi connectivity index (χ2v) is 3.96. The van der Waals surface area contributed by atoms with Gasteiger partial charge in [-0.15, -0.1) is 12.4 Å². The predicted octanol–water partition coefficient (Wildman–Crippen LogP) is 1.37. The number of nitro groups is 1. The quantitative estimate of drug-likeness (QED) is 0.657. The molecule has 0 saturated heterocycles. The Morgan fingerprint density at radius 1 is 1.41 bits per heavy atom. The van der Waals surface area contributed by atoms with Crippen LogP contribution in [0, 0.1) is 10.1 Å². The molecule has 1 aliphatic heterocycles. The molecule has 1 aromatic carbocycles. The molecule has 0 unspecified atom stereocenters. The normalized spacial score (nSPS) is 14.9. The Labute approximate surface area is 106 Å². The van der Waals surface area contributed by atoms with Crippen LogP contribution in [-0.4, -0.2) is 34.6 Å². The number of non-ortho nitro benzene ring substituents is 1. The van der Waals surface area contributed by atoms with Gasteiger partial charge in [-0.3, -0.25) is 15.0 Å². The number of halogens is 1. The van der Waals surface area contributed by atoms with Gasteiger partial charge in [0.2, 0.25) is 0 Å². The van der Waals surface area contributed by atoms with Gasteiger partial charge >= 0.3 is 0 Å². The van der Waals surface area contributed by atoms with Crippen molar-refractivity contribution in [2.24, 2.45) is 0 Å². The number of benzene rings is 1. The van der Waals surface area contributed by atoms with Gasteiger partial charge in [-0.05, 0) is 17.5 Å². The largest absolute Gasteiger partial charge is 0.395 e. The number of β-amino-alcohol motifs (C(OH)–C–C–N with tert-alkyl or cyclic N) is 1. The van der Waals surface area contributed by atoms with Gasteiger partial charge in [-0.1, -0.05) is 6.07 Å². The number of aliphatic hydroxyl groups is 1. The number of hydrogen-bond acceptors (Lipinski definition) is 4. The van der Waals surface area contributed by atoms with Crippen LogP contribution in [0.5, 0.6) is 0 Å². The summed E-state index contributed by atoms with van der Waals surface area (Å²) >= 11 is 0. The average molecular weight is 259 g/mol. The second-order valence-electron chi connectivity index (χ2n) is 3.96. The van der Waals surface area contributed by atoms with Crippen molar-refractivity contribution in [1.29, 1.82) is 0 Å². The maximum atomic E-state index is 10.6. The summed E-state index contributed by atoms with van der Waals surface area (Å²) in [6, 6.07) is 5.03. The number of fused-ring (bicyclic) bond motifs is 1. The highest BCUT2D eigenvalue weighted by atomic mass is 35.5. The third-order valence-electron chi connectivity index (χ3n) is 2.91. The molecule has 2 rings (SSSR count). The molecule has 0 amide bonds. The Kier molecular flexibility index (Phi) is 4.86. The minimum atomic E-state index is -0.370. The summed E-state index contributed by atoms with van der Waals surface area (Å²) in [4.78, 5) is 12.4. The van der Waals surface area contributed by atoms with Gasteiger partial charge in [-0.25, -0.2) is 0 Å². The molecule has 1 aliphatic rings. The molecule has 0 aliphatic carbocycles. The third-order valence-corrected chi connectivity index (χ3v) is 2.91. The van der Waals surface area contributed by atoms with Gasteiger partial charge in [0.25, 0.3) is 5.69 Å². The van der Waals surface area contributed by atoms with E-state index in [0.29, 0.717) is 13.1 Å². The minimum Gasteiger partial charge on any atom is -0.395 e. The summed E-state index contributed by atoms with van der Waals surface area (Å²) < 4.78 is 0. The highest BCUT2D eigenvalue weighted by molar-refractivity contribution is 5.85. The van der Waals surface area contributed by atoms with Crippen molar-refractivity contribution < 1.29 is 10.0 Å². The van der Waals surface area contributed by atoms with Crippen LogP contribution >= 0.6 is 12.4 Å². The van der Waals surface area contributed by atoms with E-state index in [1.165, 1.54) is 5.56 Å². The zero-order valence-electron chi connectivity index (χ0n) is 9.33. The fourth-order valence-electron chi connectivity index (χ4n) is 2.05. The Balaban J connectivity index is 0.00000144. The lowest BCUT2D eigenvalue weighted by Crippen LogP contribution is -2.32. The van der Waals surface area contributed by atoms with Crippen LogP contribution in [0.2, 0.25) is 0 Å². The first-order valence-electron chi connectivity index (χ1n) is 5.30. The van der Waals surface area contributed by atoms with Gasteiger partial charge in [0.05, 0.1) is 11.5 Å². The van der Waals surface area contributed by atoms with Crippen molar-refractivity contribution in [2.45, 2.75) is 13.0 Å². The van der Waals surface area contributed by atoms with E-state index >= 15 is 0 Å². The number of aliphatic hydroxyl groups excluding tert-OH is 1. The van der Waals surface area contributed by atoms with E-state index in [1.807, 2.05) is 6.07 Å². The van der Waals surface area contributed by atoms with E-state index in [2.05, 4.69) is 4.90 Å². The summed E-state index contributed by atoms with van der Waals surface area (Å²) in [5.41, 5.74) is 2.33. The molecule has 0 bridgehead atoms. The predicted molar refractivity (Wildman–Crippen MR) is 66.4 cm³/mol. The smallest absolute Gasteiger partial charge is 0.269 e. The van der Waals surface area contributed by atoms with Crippen molar-refractivity contribution in [3.63, 3.8) is 0 Å². The topological polar surface area (TPSA) is 66.6 Å². The van der Waals surface area contributed by atoms with Gasteiger partial charge in [0.15, 0.2) is 0 Å². The van der Waals surface area contributed by atoms with Crippen molar-refractivity contribution >= 4 is 18.1 Å². The highest BCUT2D eigenvalue weighted by Crippen LogP contribution is 2.23. The van der Waals surface area contributed by atoms with Crippen molar-refractivity contribution in [3.05, 3.63) is 39.4 Å². The zero-order valence-corrected chi connectivity index (χ0v) is 10.2. The summed E-state index contributed by atoms with van der Waals surface area (Å²) in [5, 5.41) is 19.5. The van der Waals surface area contributed by atoms with E-state index in [9.17, 15) is 10.1 Å². The molecule has 6 heteroatoms.